The number of methoxy groups -OCH3 is 1. The summed E-state index contributed by atoms with van der Waals surface area (Å²) in [6.45, 7) is 0.398. The van der Waals surface area contributed by atoms with Crippen LogP contribution in [0, 0.1) is 0 Å². The van der Waals surface area contributed by atoms with Gasteiger partial charge in [0.2, 0.25) is 11.8 Å². The fourth-order valence-corrected chi connectivity index (χ4v) is 5.59. The molecule has 0 bridgehead atoms. The molecule has 2 aliphatic heterocycles. The molecule has 3 aromatic rings. The molecule has 0 spiro atoms. The number of fused-ring (bicyclic) bond motifs is 3. The molecule has 0 unspecified atom stereocenters. The first kappa shape index (κ1) is 26.0. The third kappa shape index (κ3) is 5.59. The van der Waals surface area contributed by atoms with Gasteiger partial charge in [-0.3, -0.25) is 19.4 Å². The normalized spacial score (nSPS) is 15.8. The van der Waals surface area contributed by atoms with Crippen LogP contribution in [0.25, 0.3) is 0 Å². The van der Waals surface area contributed by atoms with E-state index in [1.54, 1.807) is 29.5 Å². The SMILES string of the molecule is COc1ccc(Cl)cc1NC(=O)CSC1=Nc2ccccc2C2=N[C@@H](CC(=O)NCc3cccs3)C(=O)N12. The van der Waals surface area contributed by atoms with E-state index in [0.29, 0.717) is 45.3 Å². The van der Waals surface area contributed by atoms with Crippen molar-refractivity contribution in [3.8, 4) is 5.75 Å². The van der Waals surface area contributed by atoms with Crippen LogP contribution in [0.15, 0.2) is 70.0 Å². The van der Waals surface area contributed by atoms with Gasteiger partial charge < -0.3 is 15.4 Å². The Balaban J connectivity index is 1.30. The fourth-order valence-electron chi connectivity index (χ4n) is 3.97. The molecule has 3 amide bonds. The number of amidine groups is 2. The molecule has 0 aliphatic carbocycles. The molecule has 1 aromatic heterocycles. The second-order valence-electron chi connectivity index (χ2n) is 8.30. The predicted octanol–water partition coefficient (Wildman–Crippen LogP) is 4.45. The summed E-state index contributed by atoms with van der Waals surface area (Å²) in [5.41, 5.74) is 1.77. The van der Waals surface area contributed by atoms with Crippen LogP contribution in [-0.4, -0.2) is 52.5 Å². The lowest BCUT2D eigenvalue weighted by atomic mass is 10.1. The van der Waals surface area contributed by atoms with E-state index in [4.69, 9.17) is 16.3 Å². The zero-order chi connectivity index (χ0) is 26.6. The Morgan fingerprint density at radius 2 is 2.00 bits per heavy atom. The summed E-state index contributed by atoms with van der Waals surface area (Å²) >= 11 is 8.71. The highest BCUT2D eigenvalue weighted by atomic mass is 35.5. The molecule has 2 N–H and O–H groups in total. The summed E-state index contributed by atoms with van der Waals surface area (Å²) in [5.74, 6) is -0.0808. The van der Waals surface area contributed by atoms with Gasteiger partial charge in [-0.05, 0) is 41.8 Å². The minimum Gasteiger partial charge on any atom is -0.495 e. The number of nitrogens with zero attached hydrogens (tertiary/aromatic N) is 3. The van der Waals surface area contributed by atoms with Gasteiger partial charge in [0, 0.05) is 15.5 Å². The zero-order valence-corrected chi connectivity index (χ0v) is 22.5. The Kier molecular flexibility index (Phi) is 7.77. The topological polar surface area (TPSA) is 112 Å². The number of carbonyl (C=O) groups is 3. The predicted molar refractivity (Wildman–Crippen MR) is 151 cm³/mol. The van der Waals surface area contributed by atoms with Crippen molar-refractivity contribution in [1.82, 2.24) is 10.2 Å². The number of hydrogen-bond acceptors (Lipinski definition) is 8. The Hall–Kier alpha value is -3.67. The van der Waals surface area contributed by atoms with Crippen LogP contribution in [-0.2, 0) is 20.9 Å². The van der Waals surface area contributed by atoms with E-state index in [2.05, 4.69) is 20.6 Å². The van der Waals surface area contributed by atoms with Gasteiger partial charge in [-0.1, -0.05) is 41.6 Å². The number of anilines is 1. The number of hydrogen-bond donors (Lipinski definition) is 2. The minimum absolute atomic E-state index is 0.0281. The third-order valence-electron chi connectivity index (χ3n) is 5.73. The van der Waals surface area contributed by atoms with E-state index in [1.807, 2.05) is 41.8 Å². The molecule has 9 nitrogen and oxygen atoms in total. The Bertz CT molecular complexity index is 1460. The Labute approximate surface area is 231 Å². The van der Waals surface area contributed by atoms with Crippen molar-refractivity contribution in [1.29, 1.82) is 0 Å². The lowest BCUT2D eigenvalue weighted by Gasteiger charge is -2.25. The first-order valence-corrected chi connectivity index (χ1v) is 13.8. The number of aliphatic imine (C=N–C) groups is 2. The summed E-state index contributed by atoms with van der Waals surface area (Å²) < 4.78 is 5.28. The van der Waals surface area contributed by atoms with Crippen LogP contribution >= 0.6 is 34.7 Å². The first-order valence-electron chi connectivity index (χ1n) is 11.6. The number of para-hydroxylation sites is 1. The smallest absolute Gasteiger partial charge is 0.259 e. The van der Waals surface area contributed by atoms with Crippen LogP contribution in [0.4, 0.5) is 11.4 Å². The van der Waals surface area contributed by atoms with Crippen LogP contribution in [0.1, 0.15) is 16.9 Å². The van der Waals surface area contributed by atoms with E-state index in [1.165, 1.54) is 12.0 Å². The molecule has 0 radical (unpaired) electrons. The number of benzene rings is 2. The quantitative estimate of drug-likeness (QED) is 0.418. The molecule has 38 heavy (non-hydrogen) atoms. The third-order valence-corrected chi connectivity index (χ3v) is 7.78. The van der Waals surface area contributed by atoms with E-state index in [-0.39, 0.29) is 29.9 Å². The number of carbonyl (C=O) groups excluding carboxylic acids is 3. The van der Waals surface area contributed by atoms with Crippen molar-refractivity contribution in [2.45, 2.75) is 19.0 Å². The fraction of sp³-hybridized carbons (Fsp3) is 0.192. The van der Waals surface area contributed by atoms with E-state index >= 15 is 0 Å². The molecule has 5 rings (SSSR count). The van der Waals surface area contributed by atoms with Crippen LogP contribution in [0.2, 0.25) is 5.02 Å². The van der Waals surface area contributed by atoms with E-state index in [9.17, 15) is 14.4 Å². The van der Waals surface area contributed by atoms with Crippen LogP contribution in [0.3, 0.4) is 0 Å². The molecule has 0 saturated carbocycles. The molecule has 3 heterocycles. The number of amides is 3. The number of ether oxygens (including phenoxy) is 1. The van der Waals surface area contributed by atoms with Crippen molar-refractivity contribution in [2.24, 2.45) is 9.98 Å². The molecule has 194 valence electrons. The lowest BCUT2D eigenvalue weighted by molar-refractivity contribution is -0.128. The highest BCUT2D eigenvalue weighted by Crippen LogP contribution is 2.34. The van der Waals surface area contributed by atoms with Crippen molar-refractivity contribution < 1.29 is 19.1 Å². The van der Waals surface area contributed by atoms with Crippen molar-refractivity contribution in [3.63, 3.8) is 0 Å². The molecular weight excluding hydrogens is 546 g/mol. The largest absolute Gasteiger partial charge is 0.495 e. The van der Waals surface area contributed by atoms with Gasteiger partial charge in [0.15, 0.2) is 5.17 Å². The molecule has 2 aliphatic rings. The first-order chi connectivity index (χ1) is 18.4. The average molecular weight is 568 g/mol. The molecular formula is C26H22ClN5O4S2. The van der Waals surface area contributed by atoms with Gasteiger partial charge in [0.05, 0.1) is 37.2 Å². The highest BCUT2D eigenvalue weighted by Gasteiger charge is 2.42. The summed E-state index contributed by atoms with van der Waals surface area (Å²) in [4.78, 5) is 50.4. The number of rotatable bonds is 8. The van der Waals surface area contributed by atoms with Gasteiger partial charge in [-0.15, -0.1) is 11.3 Å². The minimum atomic E-state index is -0.880. The van der Waals surface area contributed by atoms with Gasteiger partial charge in [-0.2, -0.15) is 0 Å². The molecule has 12 heteroatoms. The molecule has 1 atom stereocenters. The summed E-state index contributed by atoms with van der Waals surface area (Å²) in [5, 5.41) is 8.34. The van der Waals surface area contributed by atoms with Crippen LogP contribution in [0.5, 0.6) is 5.75 Å². The van der Waals surface area contributed by atoms with Gasteiger partial charge in [0.25, 0.3) is 5.91 Å². The maximum Gasteiger partial charge on any atom is 0.259 e. The number of halogens is 1. The van der Waals surface area contributed by atoms with E-state index in [0.717, 1.165) is 16.6 Å². The maximum absolute atomic E-state index is 13.4. The summed E-state index contributed by atoms with van der Waals surface area (Å²) in [7, 11) is 1.50. The van der Waals surface area contributed by atoms with Crippen LogP contribution < -0.4 is 15.4 Å². The van der Waals surface area contributed by atoms with Crippen molar-refractivity contribution in [3.05, 3.63) is 75.4 Å². The molecule has 0 fully saturated rings. The average Bonchev–Trinajstić information content (AvgIpc) is 3.55. The number of thioether (sulfide) groups is 1. The zero-order valence-electron chi connectivity index (χ0n) is 20.1. The molecule has 2 aromatic carbocycles. The monoisotopic (exact) mass is 567 g/mol. The van der Waals surface area contributed by atoms with Crippen molar-refractivity contribution in [2.75, 3.05) is 18.2 Å². The van der Waals surface area contributed by atoms with Gasteiger partial charge in [-0.25, -0.2) is 9.89 Å². The summed E-state index contributed by atoms with van der Waals surface area (Å²) in [6, 6.07) is 15.2. The lowest BCUT2D eigenvalue weighted by Crippen LogP contribution is -2.42. The Morgan fingerprint density at radius 1 is 1.16 bits per heavy atom. The standard InChI is InChI=1S/C26H22ClN5O4S2/c1-36-21-9-8-15(27)11-19(21)29-23(34)14-38-26-31-18-7-3-2-6-17(18)24-30-20(25(35)32(24)26)12-22(33)28-13-16-5-4-10-37-16/h2-11,20H,12-14H2,1H3,(H,28,33)(H,29,34)/t20-/m0/s1. The summed E-state index contributed by atoms with van der Waals surface area (Å²) in [6.07, 6.45) is -0.0840. The number of thiophene rings is 1. The van der Waals surface area contributed by atoms with Gasteiger partial charge >= 0.3 is 0 Å². The van der Waals surface area contributed by atoms with Gasteiger partial charge in [0.1, 0.15) is 17.6 Å². The number of nitrogens with one attached hydrogen (secondary N) is 2. The maximum atomic E-state index is 13.4. The second-order valence-corrected chi connectivity index (χ2v) is 10.7. The molecule has 0 saturated heterocycles. The van der Waals surface area contributed by atoms with Crippen molar-refractivity contribution >= 4 is 74.8 Å². The Morgan fingerprint density at radius 3 is 2.79 bits per heavy atom. The highest BCUT2D eigenvalue weighted by molar-refractivity contribution is 8.14. The second kappa shape index (κ2) is 11.4. The van der Waals surface area contributed by atoms with E-state index < -0.39 is 6.04 Å².